The molecule has 1 fully saturated rings. The van der Waals surface area contributed by atoms with Crippen molar-refractivity contribution in [2.75, 3.05) is 5.75 Å². The van der Waals surface area contributed by atoms with Crippen LogP contribution in [-0.2, 0) is 12.8 Å². The second kappa shape index (κ2) is 7.91. The lowest BCUT2D eigenvalue weighted by Gasteiger charge is -2.22. The Balaban J connectivity index is 1.71. The van der Waals surface area contributed by atoms with Gasteiger partial charge in [0.05, 0.1) is 0 Å². The van der Waals surface area contributed by atoms with Crippen LogP contribution in [0.15, 0.2) is 18.3 Å². The van der Waals surface area contributed by atoms with Crippen LogP contribution in [0.4, 0.5) is 0 Å². The van der Waals surface area contributed by atoms with E-state index in [2.05, 4.69) is 35.8 Å². The summed E-state index contributed by atoms with van der Waals surface area (Å²) < 4.78 is 0. The van der Waals surface area contributed by atoms with E-state index >= 15 is 0 Å². The highest BCUT2D eigenvalue weighted by Crippen LogP contribution is 2.28. The van der Waals surface area contributed by atoms with E-state index in [9.17, 15) is 0 Å². The number of nitrogens with two attached hydrogens (primary N) is 1. The van der Waals surface area contributed by atoms with Crippen LogP contribution in [0, 0.1) is 0 Å². The zero-order valence-corrected chi connectivity index (χ0v) is 12.8. The number of thioether (sulfide) groups is 1. The zero-order chi connectivity index (χ0) is 13.5. The highest BCUT2D eigenvalue weighted by Gasteiger charge is 2.15. The van der Waals surface area contributed by atoms with Crippen molar-refractivity contribution in [2.45, 2.75) is 63.2 Å². The fraction of sp³-hybridized carbons (Fsp3) is 0.688. The molecule has 1 atom stereocenters. The molecule has 1 heterocycles. The van der Waals surface area contributed by atoms with Crippen molar-refractivity contribution in [3.05, 3.63) is 29.6 Å². The molecule has 0 radical (unpaired) electrons. The maximum atomic E-state index is 6.23. The number of hydrogen-bond donors (Lipinski definition) is 1. The molecule has 19 heavy (non-hydrogen) atoms. The monoisotopic (exact) mass is 278 g/mol. The summed E-state index contributed by atoms with van der Waals surface area (Å²) in [6.07, 6.45) is 11.0. The lowest BCUT2D eigenvalue weighted by Crippen LogP contribution is -2.27. The van der Waals surface area contributed by atoms with Gasteiger partial charge in [-0.3, -0.25) is 4.98 Å². The first kappa shape index (κ1) is 14.9. The number of pyridine rings is 1. The van der Waals surface area contributed by atoms with Crippen LogP contribution in [0.1, 0.15) is 50.3 Å². The van der Waals surface area contributed by atoms with Gasteiger partial charge in [0.25, 0.3) is 0 Å². The Hall–Kier alpha value is -0.540. The SMILES string of the molecule is CCc1ccc(CC(N)CSC2CCCCC2)nc1. The molecule has 1 aliphatic rings. The van der Waals surface area contributed by atoms with Crippen molar-refractivity contribution in [1.82, 2.24) is 4.98 Å². The van der Waals surface area contributed by atoms with Gasteiger partial charge in [0, 0.05) is 35.4 Å². The van der Waals surface area contributed by atoms with Crippen molar-refractivity contribution < 1.29 is 0 Å². The third-order valence-electron chi connectivity index (χ3n) is 3.86. The third-order valence-corrected chi connectivity index (χ3v) is 5.43. The highest BCUT2D eigenvalue weighted by atomic mass is 32.2. The smallest absolute Gasteiger partial charge is 0.0419 e. The van der Waals surface area contributed by atoms with Gasteiger partial charge < -0.3 is 5.73 Å². The molecule has 3 heteroatoms. The Morgan fingerprint density at radius 1 is 1.32 bits per heavy atom. The van der Waals surface area contributed by atoms with Crippen LogP contribution in [0.25, 0.3) is 0 Å². The minimum absolute atomic E-state index is 0.243. The van der Waals surface area contributed by atoms with Gasteiger partial charge in [-0.2, -0.15) is 11.8 Å². The molecule has 0 amide bonds. The Kier molecular flexibility index (Phi) is 6.18. The molecule has 2 nitrogen and oxygen atoms in total. The fourth-order valence-corrected chi connectivity index (χ4v) is 3.91. The standard InChI is InChI=1S/C16H26N2S/c1-2-13-8-9-15(18-11-13)10-14(17)12-19-16-6-4-3-5-7-16/h8-9,11,14,16H,2-7,10,12,17H2,1H3. The summed E-state index contributed by atoms with van der Waals surface area (Å²) in [7, 11) is 0. The van der Waals surface area contributed by atoms with E-state index in [4.69, 9.17) is 5.73 Å². The second-order valence-corrected chi connectivity index (χ2v) is 6.90. The average Bonchev–Trinajstić information content (AvgIpc) is 2.47. The number of nitrogens with zero attached hydrogens (tertiary/aromatic N) is 1. The maximum absolute atomic E-state index is 6.23. The minimum atomic E-state index is 0.243. The first-order chi connectivity index (χ1) is 9.28. The van der Waals surface area contributed by atoms with Gasteiger partial charge in [-0.15, -0.1) is 0 Å². The molecular weight excluding hydrogens is 252 g/mol. The first-order valence-electron chi connectivity index (χ1n) is 7.59. The quantitative estimate of drug-likeness (QED) is 0.864. The predicted molar refractivity (Wildman–Crippen MR) is 84.6 cm³/mol. The molecule has 1 aliphatic carbocycles. The van der Waals surface area contributed by atoms with Crippen molar-refractivity contribution in [2.24, 2.45) is 5.73 Å². The van der Waals surface area contributed by atoms with Crippen molar-refractivity contribution in [3.63, 3.8) is 0 Å². The maximum Gasteiger partial charge on any atom is 0.0419 e. The number of hydrogen-bond acceptors (Lipinski definition) is 3. The van der Waals surface area contributed by atoms with Gasteiger partial charge in [-0.25, -0.2) is 0 Å². The summed E-state index contributed by atoms with van der Waals surface area (Å²) in [5, 5.41) is 0.857. The summed E-state index contributed by atoms with van der Waals surface area (Å²) in [5.41, 5.74) is 8.67. The molecule has 1 saturated carbocycles. The van der Waals surface area contributed by atoms with E-state index < -0.39 is 0 Å². The average molecular weight is 278 g/mol. The van der Waals surface area contributed by atoms with Gasteiger partial charge in [0.1, 0.15) is 0 Å². The Labute approximate surface area is 121 Å². The first-order valence-corrected chi connectivity index (χ1v) is 8.63. The van der Waals surface area contributed by atoms with Crippen molar-refractivity contribution >= 4 is 11.8 Å². The van der Waals surface area contributed by atoms with E-state index in [0.717, 1.165) is 29.5 Å². The van der Waals surface area contributed by atoms with E-state index in [-0.39, 0.29) is 6.04 Å². The van der Waals surface area contributed by atoms with Crippen LogP contribution in [0.5, 0.6) is 0 Å². The molecule has 2 rings (SSSR count). The number of aromatic nitrogens is 1. The van der Waals surface area contributed by atoms with Crippen LogP contribution in [-0.4, -0.2) is 22.0 Å². The molecule has 0 saturated heterocycles. The summed E-state index contributed by atoms with van der Waals surface area (Å²) >= 11 is 2.08. The van der Waals surface area contributed by atoms with Gasteiger partial charge in [-0.05, 0) is 30.9 Å². The predicted octanol–water partition coefficient (Wildman–Crippen LogP) is 3.58. The summed E-state index contributed by atoms with van der Waals surface area (Å²) in [5.74, 6) is 1.07. The lowest BCUT2D eigenvalue weighted by atomic mass is 10.0. The third kappa shape index (κ3) is 5.15. The van der Waals surface area contributed by atoms with E-state index in [1.807, 2.05) is 6.20 Å². The molecule has 0 spiro atoms. The zero-order valence-electron chi connectivity index (χ0n) is 12.0. The highest BCUT2D eigenvalue weighted by molar-refractivity contribution is 7.99. The summed E-state index contributed by atoms with van der Waals surface area (Å²) in [4.78, 5) is 4.50. The summed E-state index contributed by atoms with van der Waals surface area (Å²) in [6.45, 7) is 2.16. The Morgan fingerprint density at radius 3 is 2.74 bits per heavy atom. The number of aryl methyl sites for hydroxylation is 1. The molecule has 106 valence electrons. The molecule has 0 bridgehead atoms. The molecule has 1 aromatic rings. The van der Waals surface area contributed by atoms with Crippen molar-refractivity contribution in [3.8, 4) is 0 Å². The molecule has 1 aromatic heterocycles. The largest absolute Gasteiger partial charge is 0.327 e. The second-order valence-electron chi connectivity index (χ2n) is 5.57. The van der Waals surface area contributed by atoms with Gasteiger partial charge in [0.15, 0.2) is 0 Å². The molecule has 0 aliphatic heterocycles. The van der Waals surface area contributed by atoms with Gasteiger partial charge >= 0.3 is 0 Å². The Morgan fingerprint density at radius 2 is 2.11 bits per heavy atom. The topological polar surface area (TPSA) is 38.9 Å². The minimum Gasteiger partial charge on any atom is -0.327 e. The molecule has 1 unspecified atom stereocenters. The molecule has 0 aromatic carbocycles. The number of rotatable bonds is 6. The molecular formula is C16H26N2S. The van der Waals surface area contributed by atoms with Crippen LogP contribution >= 0.6 is 11.8 Å². The van der Waals surface area contributed by atoms with Crippen LogP contribution < -0.4 is 5.73 Å². The van der Waals surface area contributed by atoms with E-state index in [0.29, 0.717) is 0 Å². The van der Waals surface area contributed by atoms with E-state index in [1.165, 1.54) is 37.7 Å². The van der Waals surface area contributed by atoms with Crippen molar-refractivity contribution in [1.29, 1.82) is 0 Å². The lowest BCUT2D eigenvalue weighted by molar-refractivity contribution is 0.515. The van der Waals surface area contributed by atoms with Gasteiger partial charge in [0.2, 0.25) is 0 Å². The summed E-state index contributed by atoms with van der Waals surface area (Å²) in [6, 6.07) is 4.54. The van der Waals surface area contributed by atoms with Crippen LogP contribution in [0.2, 0.25) is 0 Å². The van der Waals surface area contributed by atoms with E-state index in [1.54, 1.807) is 0 Å². The van der Waals surface area contributed by atoms with Gasteiger partial charge in [-0.1, -0.05) is 32.3 Å². The Bertz CT molecular complexity index is 358. The fourth-order valence-electron chi connectivity index (χ4n) is 2.60. The van der Waals surface area contributed by atoms with Crippen LogP contribution in [0.3, 0.4) is 0 Å². The normalized spacial score (nSPS) is 18.4. The molecule has 2 N–H and O–H groups in total.